The van der Waals surface area contributed by atoms with E-state index in [0.29, 0.717) is 31.4 Å². The molecule has 0 saturated carbocycles. The van der Waals surface area contributed by atoms with Crippen LogP contribution in [0.15, 0.2) is 27.8 Å². The van der Waals surface area contributed by atoms with Crippen LogP contribution in [0.5, 0.6) is 0 Å². The summed E-state index contributed by atoms with van der Waals surface area (Å²) >= 11 is 0. The second-order valence-corrected chi connectivity index (χ2v) is 8.97. The largest absolute Gasteiger partial charge is 0.467 e. The second-order valence-electron chi connectivity index (χ2n) is 6.23. The zero-order valence-corrected chi connectivity index (χ0v) is 17.4. The topological polar surface area (TPSA) is 95.1 Å². The minimum absolute atomic E-state index is 0. The van der Waals surface area contributed by atoms with Gasteiger partial charge >= 0.3 is 0 Å². The molecule has 7 nitrogen and oxygen atoms in total. The Morgan fingerprint density at radius 3 is 2.79 bits per heavy atom. The van der Waals surface area contributed by atoms with E-state index in [1.807, 2.05) is 11.8 Å². The molecule has 0 bridgehead atoms. The summed E-state index contributed by atoms with van der Waals surface area (Å²) in [6.45, 7) is 7.00. The van der Waals surface area contributed by atoms with Crippen LogP contribution in [-0.4, -0.2) is 61.1 Å². The van der Waals surface area contributed by atoms with E-state index in [1.165, 1.54) is 6.26 Å². The van der Waals surface area contributed by atoms with Crippen molar-refractivity contribution in [2.45, 2.75) is 31.6 Å². The number of aliphatic hydroxyl groups is 1. The lowest BCUT2D eigenvalue weighted by molar-refractivity contribution is 0.158. The maximum Gasteiger partial charge on any atom is 0.194 e. The number of sulfone groups is 1. The maximum absolute atomic E-state index is 12.1. The van der Waals surface area contributed by atoms with Crippen LogP contribution in [0.25, 0.3) is 0 Å². The molecule has 0 amide bonds. The first-order valence-electron chi connectivity index (χ1n) is 7.74. The van der Waals surface area contributed by atoms with E-state index in [-0.39, 0.29) is 36.3 Å². The van der Waals surface area contributed by atoms with Crippen LogP contribution < -0.4 is 5.32 Å². The molecule has 1 fully saturated rings. The minimum Gasteiger partial charge on any atom is -0.467 e. The highest BCUT2D eigenvalue weighted by Crippen LogP contribution is 2.24. The lowest BCUT2D eigenvalue weighted by Gasteiger charge is -2.39. The molecule has 9 heteroatoms. The average molecular weight is 471 g/mol. The number of aliphatic imine (C=N–C) groups is 1. The van der Waals surface area contributed by atoms with E-state index in [1.54, 1.807) is 26.0 Å². The highest BCUT2D eigenvalue weighted by Gasteiger charge is 2.40. The smallest absolute Gasteiger partial charge is 0.194 e. The summed E-state index contributed by atoms with van der Waals surface area (Å²) in [6.07, 6.45) is 0.686. The van der Waals surface area contributed by atoms with Gasteiger partial charge in [0, 0.05) is 19.6 Å². The molecular formula is C15H26IN3O4S. The fourth-order valence-electron chi connectivity index (χ4n) is 2.49. The molecule has 0 spiro atoms. The van der Waals surface area contributed by atoms with Gasteiger partial charge in [-0.15, -0.1) is 24.0 Å². The third kappa shape index (κ3) is 4.85. The van der Waals surface area contributed by atoms with Gasteiger partial charge < -0.3 is 19.7 Å². The molecule has 1 aliphatic heterocycles. The quantitative estimate of drug-likeness (QED) is 0.392. The van der Waals surface area contributed by atoms with Crippen molar-refractivity contribution in [2.75, 3.05) is 31.9 Å². The first-order valence-corrected chi connectivity index (χ1v) is 9.39. The van der Waals surface area contributed by atoms with E-state index < -0.39 is 20.7 Å². The van der Waals surface area contributed by atoms with Crippen molar-refractivity contribution in [2.24, 2.45) is 4.99 Å². The fraction of sp³-hybridized carbons (Fsp3) is 0.667. The van der Waals surface area contributed by atoms with Gasteiger partial charge in [-0.25, -0.2) is 13.4 Å². The Kier molecular flexibility index (Phi) is 7.54. The third-order valence-corrected chi connectivity index (χ3v) is 6.50. The number of furan rings is 1. The lowest BCUT2D eigenvalue weighted by Crippen LogP contribution is -2.57. The van der Waals surface area contributed by atoms with Gasteiger partial charge in [-0.2, -0.15) is 0 Å². The Labute approximate surface area is 160 Å². The van der Waals surface area contributed by atoms with Crippen LogP contribution in [0.2, 0.25) is 0 Å². The first-order chi connectivity index (χ1) is 10.8. The standard InChI is InChI=1S/C15H25N3O4S.HI/c1-4-16-14(17-10-12(19)13-6-5-8-22-13)18-7-9-23(20,21)15(2,3)11-18;/h5-6,8,12,19H,4,7,9-11H2,1-3H3,(H,16,17);1H. The van der Waals surface area contributed by atoms with Crippen LogP contribution in [0.3, 0.4) is 0 Å². The van der Waals surface area contributed by atoms with Crippen LogP contribution >= 0.6 is 24.0 Å². The summed E-state index contributed by atoms with van der Waals surface area (Å²) in [5.74, 6) is 1.18. The zero-order valence-electron chi connectivity index (χ0n) is 14.2. The monoisotopic (exact) mass is 471 g/mol. The van der Waals surface area contributed by atoms with E-state index >= 15 is 0 Å². The highest BCUT2D eigenvalue weighted by atomic mass is 127. The molecule has 1 aromatic heterocycles. The van der Waals surface area contributed by atoms with Crippen LogP contribution in [0, 0.1) is 0 Å². The lowest BCUT2D eigenvalue weighted by atomic mass is 10.2. The molecule has 0 radical (unpaired) electrons. The summed E-state index contributed by atoms with van der Waals surface area (Å²) in [5, 5.41) is 13.2. The SMILES string of the molecule is CCNC(=NCC(O)c1ccco1)N1CCS(=O)(=O)C(C)(C)C1.I. The molecule has 1 unspecified atom stereocenters. The van der Waals surface area contributed by atoms with E-state index in [4.69, 9.17) is 4.42 Å². The van der Waals surface area contributed by atoms with Crippen molar-refractivity contribution >= 4 is 39.8 Å². The van der Waals surface area contributed by atoms with Crippen molar-refractivity contribution < 1.29 is 17.9 Å². The zero-order chi connectivity index (χ0) is 17.1. The molecule has 1 aromatic rings. The number of guanidine groups is 1. The van der Waals surface area contributed by atoms with Crippen molar-refractivity contribution in [1.29, 1.82) is 0 Å². The molecule has 2 heterocycles. The van der Waals surface area contributed by atoms with Gasteiger partial charge in [0.05, 0.1) is 23.3 Å². The molecule has 1 atom stereocenters. The summed E-state index contributed by atoms with van der Waals surface area (Å²) in [7, 11) is -3.10. The Hall–Kier alpha value is -0.810. The van der Waals surface area contributed by atoms with Crippen LogP contribution in [0.1, 0.15) is 32.6 Å². The summed E-state index contributed by atoms with van der Waals surface area (Å²) < 4.78 is 28.6. The van der Waals surface area contributed by atoms with Gasteiger partial charge in [0.2, 0.25) is 0 Å². The Morgan fingerprint density at radius 2 is 2.25 bits per heavy atom. The molecule has 0 aromatic carbocycles. The Balaban J connectivity index is 0.00000288. The van der Waals surface area contributed by atoms with Crippen molar-refractivity contribution in [3.8, 4) is 0 Å². The fourth-order valence-corrected chi connectivity index (χ4v) is 3.86. The molecule has 2 rings (SSSR count). The molecule has 1 aliphatic rings. The number of aliphatic hydroxyl groups excluding tert-OH is 1. The second kappa shape index (κ2) is 8.52. The van der Waals surface area contributed by atoms with Crippen molar-refractivity contribution in [1.82, 2.24) is 10.2 Å². The predicted octanol–water partition coefficient (Wildman–Crippen LogP) is 1.41. The van der Waals surface area contributed by atoms with Gasteiger partial charge in [-0.1, -0.05) is 0 Å². The maximum atomic E-state index is 12.1. The molecular weight excluding hydrogens is 445 g/mol. The van der Waals surface area contributed by atoms with E-state index in [0.717, 1.165) is 0 Å². The molecule has 2 N–H and O–H groups in total. The summed E-state index contributed by atoms with van der Waals surface area (Å²) in [5.41, 5.74) is 0. The number of rotatable bonds is 4. The molecule has 1 saturated heterocycles. The third-order valence-electron chi connectivity index (χ3n) is 3.96. The van der Waals surface area contributed by atoms with Gasteiger partial charge in [-0.05, 0) is 32.9 Å². The number of halogens is 1. The average Bonchev–Trinajstić information content (AvgIpc) is 3.00. The number of nitrogens with one attached hydrogen (secondary N) is 1. The Morgan fingerprint density at radius 1 is 1.54 bits per heavy atom. The van der Waals surface area contributed by atoms with Gasteiger partial charge in [0.1, 0.15) is 11.9 Å². The van der Waals surface area contributed by atoms with Crippen LogP contribution in [0.4, 0.5) is 0 Å². The highest BCUT2D eigenvalue weighted by molar-refractivity contribution is 14.0. The van der Waals surface area contributed by atoms with Crippen LogP contribution in [-0.2, 0) is 9.84 Å². The minimum atomic E-state index is -3.10. The van der Waals surface area contributed by atoms with E-state index in [9.17, 15) is 13.5 Å². The van der Waals surface area contributed by atoms with Gasteiger partial charge in [-0.3, -0.25) is 0 Å². The van der Waals surface area contributed by atoms with E-state index in [2.05, 4.69) is 10.3 Å². The van der Waals surface area contributed by atoms with Crippen molar-refractivity contribution in [3.63, 3.8) is 0 Å². The Bertz CT molecular complexity index is 644. The van der Waals surface area contributed by atoms with Gasteiger partial charge in [0.15, 0.2) is 15.8 Å². The summed E-state index contributed by atoms with van der Waals surface area (Å²) in [6, 6.07) is 3.41. The summed E-state index contributed by atoms with van der Waals surface area (Å²) in [4.78, 5) is 6.36. The predicted molar refractivity (Wildman–Crippen MR) is 105 cm³/mol. The molecule has 138 valence electrons. The van der Waals surface area contributed by atoms with Gasteiger partial charge in [0.25, 0.3) is 0 Å². The number of nitrogens with zero attached hydrogens (tertiary/aromatic N) is 2. The normalized spacial score (nSPS) is 21.0. The number of hydrogen-bond acceptors (Lipinski definition) is 5. The number of hydrogen-bond donors (Lipinski definition) is 2. The molecule has 24 heavy (non-hydrogen) atoms. The first kappa shape index (κ1) is 21.2. The molecule has 0 aliphatic carbocycles. The van der Waals surface area contributed by atoms with Crippen molar-refractivity contribution in [3.05, 3.63) is 24.2 Å².